The number of carbonyl (C=O) groups is 1. The Bertz CT molecular complexity index is 969. The van der Waals surface area contributed by atoms with Crippen molar-refractivity contribution >= 4 is 15.9 Å². The lowest BCUT2D eigenvalue weighted by Crippen LogP contribution is -2.36. The van der Waals surface area contributed by atoms with E-state index >= 15 is 0 Å². The van der Waals surface area contributed by atoms with Crippen LogP contribution in [0, 0.1) is 13.8 Å². The molecule has 2 rings (SSSR count). The summed E-state index contributed by atoms with van der Waals surface area (Å²) < 4.78 is 64.4. The van der Waals surface area contributed by atoms with E-state index in [2.05, 4.69) is 20.1 Å². The van der Waals surface area contributed by atoms with Crippen molar-refractivity contribution in [2.75, 3.05) is 18.8 Å². The molecule has 0 aliphatic rings. The van der Waals surface area contributed by atoms with Gasteiger partial charge in [-0.15, -0.1) is 0 Å². The van der Waals surface area contributed by atoms with Crippen LogP contribution in [0.25, 0.3) is 5.82 Å². The largest absolute Gasteiger partial charge is 0.417 e. The molecular formula is C17H22F3N5O3S. The van der Waals surface area contributed by atoms with Crippen molar-refractivity contribution in [3.8, 4) is 5.82 Å². The molecule has 0 unspecified atom stereocenters. The Labute approximate surface area is 166 Å². The molecule has 0 spiro atoms. The molecule has 0 aliphatic carbocycles. The van der Waals surface area contributed by atoms with Gasteiger partial charge < -0.3 is 5.32 Å². The monoisotopic (exact) mass is 433 g/mol. The maximum absolute atomic E-state index is 12.7. The number of carbonyl (C=O) groups excluding carboxylic acids is 1. The number of hydrogen-bond acceptors (Lipinski definition) is 5. The minimum absolute atomic E-state index is 0.00116. The zero-order valence-electron chi connectivity index (χ0n) is 16.2. The summed E-state index contributed by atoms with van der Waals surface area (Å²) in [6.45, 7) is 5.10. The van der Waals surface area contributed by atoms with Crippen LogP contribution in [-0.2, 0) is 27.4 Å². The number of nitrogens with one attached hydrogen (secondary N) is 2. The summed E-state index contributed by atoms with van der Waals surface area (Å²) in [6, 6.07) is 2.13. The molecule has 2 aromatic rings. The van der Waals surface area contributed by atoms with Gasteiger partial charge in [0.15, 0.2) is 5.82 Å². The Morgan fingerprint density at radius 2 is 1.90 bits per heavy atom. The van der Waals surface area contributed by atoms with E-state index in [-0.39, 0.29) is 37.0 Å². The molecule has 0 aromatic carbocycles. The highest BCUT2D eigenvalue weighted by atomic mass is 32.2. The summed E-state index contributed by atoms with van der Waals surface area (Å²) in [5, 5.41) is 6.88. The predicted octanol–water partition coefficient (Wildman–Crippen LogP) is 1.50. The van der Waals surface area contributed by atoms with E-state index < -0.39 is 21.8 Å². The molecular weight excluding hydrogens is 411 g/mol. The van der Waals surface area contributed by atoms with Crippen LogP contribution in [0.2, 0.25) is 0 Å². The van der Waals surface area contributed by atoms with Gasteiger partial charge in [0.05, 0.1) is 23.4 Å². The predicted molar refractivity (Wildman–Crippen MR) is 100 cm³/mol. The second-order valence-corrected chi connectivity index (χ2v) is 8.38. The van der Waals surface area contributed by atoms with Crippen LogP contribution in [0.3, 0.4) is 0 Å². The molecule has 0 saturated carbocycles. The maximum Gasteiger partial charge on any atom is 0.417 e. The zero-order chi connectivity index (χ0) is 21.8. The number of pyridine rings is 1. The van der Waals surface area contributed by atoms with Crippen molar-refractivity contribution in [3.63, 3.8) is 0 Å². The maximum atomic E-state index is 12.7. The Morgan fingerprint density at radius 3 is 2.45 bits per heavy atom. The van der Waals surface area contributed by atoms with Gasteiger partial charge in [-0.05, 0) is 32.9 Å². The third-order valence-electron chi connectivity index (χ3n) is 4.22. The minimum atomic E-state index is -4.48. The molecule has 0 fully saturated rings. The van der Waals surface area contributed by atoms with Crippen LogP contribution in [0.1, 0.15) is 29.4 Å². The number of aryl methyl sites for hydroxylation is 1. The Kier molecular flexibility index (Phi) is 7.01. The van der Waals surface area contributed by atoms with Crippen LogP contribution >= 0.6 is 0 Å². The fourth-order valence-corrected chi connectivity index (χ4v) is 3.18. The number of sulfonamides is 1. The lowest BCUT2D eigenvalue weighted by atomic mass is 10.1. The second kappa shape index (κ2) is 8.91. The van der Waals surface area contributed by atoms with Gasteiger partial charge in [-0.25, -0.2) is 22.8 Å². The summed E-state index contributed by atoms with van der Waals surface area (Å²) >= 11 is 0. The Balaban J connectivity index is 2.05. The minimum Gasteiger partial charge on any atom is -0.354 e. The smallest absolute Gasteiger partial charge is 0.354 e. The van der Waals surface area contributed by atoms with Crippen molar-refractivity contribution in [1.82, 2.24) is 24.8 Å². The first-order valence-corrected chi connectivity index (χ1v) is 10.4. The van der Waals surface area contributed by atoms with Gasteiger partial charge in [-0.1, -0.05) is 0 Å². The van der Waals surface area contributed by atoms with E-state index in [0.717, 1.165) is 12.3 Å². The van der Waals surface area contributed by atoms with Gasteiger partial charge in [0.25, 0.3) is 0 Å². The fourth-order valence-electron chi connectivity index (χ4n) is 2.57. The molecule has 8 nitrogen and oxygen atoms in total. The highest BCUT2D eigenvalue weighted by molar-refractivity contribution is 7.89. The van der Waals surface area contributed by atoms with E-state index in [4.69, 9.17) is 0 Å². The van der Waals surface area contributed by atoms with Gasteiger partial charge in [-0.2, -0.15) is 18.3 Å². The van der Waals surface area contributed by atoms with Crippen molar-refractivity contribution in [3.05, 3.63) is 40.8 Å². The van der Waals surface area contributed by atoms with Gasteiger partial charge >= 0.3 is 6.18 Å². The lowest BCUT2D eigenvalue weighted by Gasteiger charge is -2.09. The van der Waals surface area contributed by atoms with Crippen molar-refractivity contribution in [2.45, 2.75) is 33.4 Å². The van der Waals surface area contributed by atoms with Gasteiger partial charge in [0, 0.05) is 30.5 Å². The van der Waals surface area contributed by atoms with E-state index in [1.165, 1.54) is 17.7 Å². The number of amides is 1. The zero-order valence-corrected chi connectivity index (χ0v) is 17.0. The number of aromatic nitrogens is 3. The molecule has 29 heavy (non-hydrogen) atoms. The molecule has 0 radical (unpaired) electrons. The average molecular weight is 433 g/mol. The third kappa shape index (κ3) is 6.00. The highest BCUT2D eigenvalue weighted by Crippen LogP contribution is 2.29. The van der Waals surface area contributed by atoms with Crippen LogP contribution < -0.4 is 10.0 Å². The molecule has 0 bridgehead atoms. The summed E-state index contributed by atoms with van der Waals surface area (Å²) in [6.07, 6.45) is -3.75. The topological polar surface area (TPSA) is 106 Å². The number of nitrogens with zero attached hydrogens (tertiary/aromatic N) is 3. The van der Waals surface area contributed by atoms with E-state index in [0.29, 0.717) is 17.0 Å². The third-order valence-corrected chi connectivity index (χ3v) is 5.62. The number of alkyl halides is 3. The second-order valence-electron chi connectivity index (χ2n) is 6.29. The molecule has 2 heterocycles. The molecule has 2 N–H and O–H groups in total. The SMILES string of the molecule is CCS(=O)(=O)NCCNC(=O)Cc1c(C)nn(-c2ccc(C(F)(F)F)cn2)c1C. The van der Waals surface area contributed by atoms with E-state index in [1.54, 1.807) is 13.8 Å². The molecule has 1 amide bonds. The first-order valence-electron chi connectivity index (χ1n) is 8.77. The molecule has 0 aliphatic heterocycles. The lowest BCUT2D eigenvalue weighted by molar-refractivity contribution is -0.137. The van der Waals surface area contributed by atoms with Crippen molar-refractivity contribution in [1.29, 1.82) is 0 Å². The van der Waals surface area contributed by atoms with E-state index in [9.17, 15) is 26.4 Å². The van der Waals surface area contributed by atoms with Crippen LogP contribution in [0.5, 0.6) is 0 Å². The molecule has 12 heteroatoms. The van der Waals surface area contributed by atoms with Crippen molar-refractivity contribution in [2.24, 2.45) is 0 Å². The summed E-state index contributed by atoms with van der Waals surface area (Å²) in [5.74, 6) is -0.165. The van der Waals surface area contributed by atoms with Crippen molar-refractivity contribution < 1.29 is 26.4 Å². The number of rotatable bonds is 8. The summed E-state index contributed by atoms with van der Waals surface area (Å²) in [7, 11) is -3.32. The number of halogens is 3. The normalized spacial score (nSPS) is 12.2. The Hall–Kier alpha value is -2.47. The van der Waals surface area contributed by atoms with Gasteiger partial charge in [0.2, 0.25) is 15.9 Å². The molecule has 0 atom stereocenters. The number of hydrogen-bond donors (Lipinski definition) is 2. The van der Waals surface area contributed by atoms with Crippen LogP contribution in [0.15, 0.2) is 18.3 Å². The standard InChI is InChI=1S/C17H22F3N5O3S/c1-4-29(27,28)23-8-7-21-16(26)9-14-11(2)24-25(12(14)3)15-6-5-13(10-22-15)17(18,19)20/h5-6,10,23H,4,7-9H2,1-3H3,(H,21,26). The quantitative estimate of drug-likeness (QED) is 0.614. The first-order chi connectivity index (χ1) is 13.4. The highest BCUT2D eigenvalue weighted by Gasteiger charge is 2.30. The molecule has 160 valence electrons. The molecule has 0 saturated heterocycles. The van der Waals surface area contributed by atoms with Gasteiger partial charge in [0.1, 0.15) is 0 Å². The fraction of sp³-hybridized carbons (Fsp3) is 0.471. The average Bonchev–Trinajstić information content (AvgIpc) is 2.93. The van der Waals surface area contributed by atoms with E-state index in [1.807, 2.05) is 0 Å². The Morgan fingerprint density at radius 1 is 1.21 bits per heavy atom. The first kappa shape index (κ1) is 22.8. The van der Waals surface area contributed by atoms with Crippen LogP contribution in [0.4, 0.5) is 13.2 Å². The van der Waals surface area contributed by atoms with Crippen LogP contribution in [-0.4, -0.2) is 47.9 Å². The van der Waals surface area contributed by atoms with Gasteiger partial charge in [-0.3, -0.25) is 4.79 Å². The summed E-state index contributed by atoms with van der Waals surface area (Å²) in [4.78, 5) is 16.0. The summed E-state index contributed by atoms with van der Waals surface area (Å²) in [5.41, 5.74) is 0.891. The molecule has 2 aromatic heterocycles.